The van der Waals surface area contributed by atoms with Crippen LogP contribution in [0.15, 0.2) is 45.6 Å². The largest absolute Gasteiger partial charge is 0.422 e. The minimum atomic E-state index is -0.788. The van der Waals surface area contributed by atoms with Gasteiger partial charge in [-0.3, -0.25) is 4.79 Å². The molecule has 1 aliphatic rings. The van der Waals surface area contributed by atoms with Gasteiger partial charge in [-0.1, -0.05) is 6.07 Å². The summed E-state index contributed by atoms with van der Waals surface area (Å²) in [5.74, 6) is 0.577. The SMILES string of the molecule is Cc1c(C(N)=O)c(=O)oc2cc3c(cc12)nc(Nc1cccc(I)c1)n3CC1CC1. The van der Waals surface area contributed by atoms with Crippen LogP contribution in [0.3, 0.4) is 0 Å². The van der Waals surface area contributed by atoms with Gasteiger partial charge < -0.3 is 20.0 Å². The summed E-state index contributed by atoms with van der Waals surface area (Å²) in [5.41, 5.74) is 8.10. The molecule has 0 aliphatic heterocycles. The number of imidazole rings is 1. The van der Waals surface area contributed by atoms with E-state index in [0.717, 1.165) is 32.8 Å². The second kappa shape index (κ2) is 7.12. The first kappa shape index (κ1) is 19.1. The molecule has 0 unspecified atom stereocenters. The van der Waals surface area contributed by atoms with Crippen LogP contribution in [0.4, 0.5) is 11.6 Å². The molecule has 30 heavy (non-hydrogen) atoms. The van der Waals surface area contributed by atoms with Crippen LogP contribution < -0.4 is 16.7 Å². The lowest BCUT2D eigenvalue weighted by atomic mass is 10.1. The van der Waals surface area contributed by atoms with Crippen molar-refractivity contribution in [1.82, 2.24) is 9.55 Å². The summed E-state index contributed by atoms with van der Waals surface area (Å²) in [6.45, 7) is 2.55. The van der Waals surface area contributed by atoms with E-state index >= 15 is 0 Å². The van der Waals surface area contributed by atoms with Crippen molar-refractivity contribution in [3.63, 3.8) is 0 Å². The fourth-order valence-corrected chi connectivity index (χ4v) is 4.33. The van der Waals surface area contributed by atoms with E-state index < -0.39 is 11.5 Å². The molecule has 3 N–H and O–H groups in total. The van der Waals surface area contributed by atoms with E-state index in [0.29, 0.717) is 22.5 Å². The van der Waals surface area contributed by atoms with Gasteiger partial charge in [-0.15, -0.1) is 0 Å². The molecular weight excluding hydrogens is 495 g/mol. The Bertz CT molecular complexity index is 1380. The van der Waals surface area contributed by atoms with E-state index in [1.54, 1.807) is 6.92 Å². The Kier molecular flexibility index (Phi) is 4.53. The summed E-state index contributed by atoms with van der Waals surface area (Å²) in [4.78, 5) is 28.8. The first-order valence-corrected chi connectivity index (χ1v) is 10.8. The molecule has 5 rings (SSSR count). The number of rotatable bonds is 5. The van der Waals surface area contributed by atoms with Crippen LogP contribution in [0.2, 0.25) is 0 Å². The summed E-state index contributed by atoms with van der Waals surface area (Å²) in [6, 6.07) is 11.8. The molecule has 1 saturated carbocycles. The van der Waals surface area contributed by atoms with E-state index in [1.165, 1.54) is 12.8 Å². The molecule has 0 spiro atoms. The van der Waals surface area contributed by atoms with Crippen molar-refractivity contribution in [3.8, 4) is 0 Å². The highest BCUT2D eigenvalue weighted by atomic mass is 127. The third-order valence-electron chi connectivity index (χ3n) is 5.50. The molecule has 0 radical (unpaired) electrons. The third kappa shape index (κ3) is 3.34. The van der Waals surface area contributed by atoms with Gasteiger partial charge >= 0.3 is 5.63 Å². The number of carbonyl (C=O) groups is 1. The van der Waals surface area contributed by atoms with Gasteiger partial charge in [-0.05, 0) is 78.1 Å². The van der Waals surface area contributed by atoms with Crippen molar-refractivity contribution in [2.75, 3.05) is 5.32 Å². The number of nitrogens with one attached hydrogen (secondary N) is 1. The van der Waals surface area contributed by atoms with Gasteiger partial charge in [0.1, 0.15) is 11.1 Å². The quantitative estimate of drug-likeness (QED) is 0.305. The molecule has 0 saturated heterocycles. The molecule has 152 valence electrons. The lowest BCUT2D eigenvalue weighted by Crippen LogP contribution is -2.22. The van der Waals surface area contributed by atoms with Gasteiger partial charge in [0.2, 0.25) is 5.95 Å². The number of hydrogen-bond acceptors (Lipinski definition) is 5. The fraction of sp³-hybridized carbons (Fsp3) is 0.227. The Hall–Kier alpha value is -2.88. The highest BCUT2D eigenvalue weighted by Gasteiger charge is 2.25. The molecule has 8 heteroatoms. The van der Waals surface area contributed by atoms with Crippen LogP contribution in [0.25, 0.3) is 22.0 Å². The standard InChI is InChI=1S/C22H19IN4O3/c1-11-15-8-16-17(9-18(15)30-21(29)19(11)20(24)28)27(10-12-5-6-12)22(26-16)25-14-4-2-3-13(23)7-14/h2-4,7-9,12H,5-6,10H2,1H3,(H2,24,28)(H,25,26). The number of benzene rings is 2. The van der Waals surface area contributed by atoms with Crippen LogP contribution in [-0.2, 0) is 6.54 Å². The molecule has 2 heterocycles. The first-order chi connectivity index (χ1) is 14.4. The van der Waals surface area contributed by atoms with E-state index in [2.05, 4.69) is 38.5 Å². The number of nitrogens with two attached hydrogens (primary N) is 1. The Labute approximate surface area is 185 Å². The maximum Gasteiger partial charge on any atom is 0.349 e. The fourth-order valence-electron chi connectivity index (χ4n) is 3.79. The minimum Gasteiger partial charge on any atom is -0.422 e. The zero-order valence-corrected chi connectivity index (χ0v) is 18.4. The average Bonchev–Trinajstić information content (AvgIpc) is 3.44. The number of anilines is 2. The van der Waals surface area contributed by atoms with Crippen LogP contribution >= 0.6 is 22.6 Å². The molecule has 7 nitrogen and oxygen atoms in total. The number of carbonyl (C=O) groups excluding carboxylic acids is 1. The number of fused-ring (bicyclic) bond motifs is 2. The van der Waals surface area contributed by atoms with Crippen molar-refractivity contribution < 1.29 is 9.21 Å². The molecular formula is C22H19IN4O3. The van der Waals surface area contributed by atoms with Gasteiger partial charge in [0.05, 0.1) is 11.0 Å². The summed E-state index contributed by atoms with van der Waals surface area (Å²) in [5, 5.41) is 4.09. The van der Waals surface area contributed by atoms with E-state index in [-0.39, 0.29) is 5.56 Å². The maximum absolute atomic E-state index is 12.3. The summed E-state index contributed by atoms with van der Waals surface area (Å²) >= 11 is 2.28. The lowest BCUT2D eigenvalue weighted by molar-refractivity contribution is 0.0996. The van der Waals surface area contributed by atoms with Crippen molar-refractivity contribution in [3.05, 3.63) is 61.5 Å². The van der Waals surface area contributed by atoms with Crippen molar-refractivity contribution in [2.45, 2.75) is 26.3 Å². The second-order valence-corrected chi connectivity index (χ2v) is 8.96. The van der Waals surface area contributed by atoms with Crippen molar-refractivity contribution >= 4 is 62.1 Å². The number of nitrogens with zero attached hydrogens (tertiary/aromatic N) is 2. The molecule has 1 amide bonds. The smallest absolute Gasteiger partial charge is 0.349 e. The molecule has 2 aromatic heterocycles. The van der Waals surface area contributed by atoms with E-state index in [1.807, 2.05) is 30.3 Å². The molecule has 1 fully saturated rings. The van der Waals surface area contributed by atoms with E-state index in [4.69, 9.17) is 15.1 Å². The number of amides is 1. The van der Waals surface area contributed by atoms with Crippen molar-refractivity contribution in [2.24, 2.45) is 11.7 Å². The number of primary amides is 1. The monoisotopic (exact) mass is 514 g/mol. The summed E-state index contributed by atoms with van der Waals surface area (Å²) in [6.07, 6.45) is 2.40. The predicted octanol–water partition coefficient (Wildman–Crippen LogP) is 4.31. The maximum atomic E-state index is 12.3. The average molecular weight is 514 g/mol. The number of aromatic nitrogens is 2. The second-order valence-electron chi connectivity index (χ2n) is 7.72. The van der Waals surface area contributed by atoms with Crippen LogP contribution in [0.1, 0.15) is 28.8 Å². The van der Waals surface area contributed by atoms with Crippen LogP contribution in [0.5, 0.6) is 0 Å². The Morgan fingerprint density at radius 2 is 2.13 bits per heavy atom. The number of aryl methyl sites for hydroxylation is 1. The number of halogens is 1. The van der Waals surface area contributed by atoms with E-state index in [9.17, 15) is 9.59 Å². The van der Waals surface area contributed by atoms with Gasteiger partial charge in [0.25, 0.3) is 5.91 Å². The van der Waals surface area contributed by atoms with Gasteiger partial charge in [0, 0.05) is 27.3 Å². The van der Waals surface area contributed by atoms with Crippen LogP contribution in [0, 0.1) is 16.4 Å². The van der Waals surface area contributed by atoms with Gasteiger partial charge in [0.15, 0.2) is 0 Å². The zero-order valence-electron chi connectivity index (χ0n) is 16.2. The topological polar surface area (TPSA) is 103 Å². The van der Waals surface area contributed by atoms with Gasteiger partial charge in [-0.25, -0.2) is 9.78 Å². The lowest BCUT2D eigenvalue weighted by Gasteiger charge is -2.11. The van der Waals surface area contributed by atoms with Crippen LogP contribution in [-0.4, -0.2) is 15.5 Å². The third-order valence-corrected chi connectivity index (χ3v) is 6.17. The zero-order chi connectivity index (χ0) is 21.0. The summed E-state index contributed by atoms with van der Waals surface area (Å²) < 4.78 is 8.71. The predicted molar refractivity (Wildman–Crippen MR) is 124 cm³/mol. The molecule has 2 aromatic carbocycles. The number of hydrogen-bond donors (Lipinski definition) is 2. The molecule has 4 aromatic rings. The minimum absolute atomic E-state index is 0.114. The molecule has 0 atom stereocenters. The normalized spacial score (nSPS) is 13.8. The first-order valence-electron chi connectivity index (χ1n) is 9.71. The summed E-state index contributed by atoms with van der Waals surface area (Å²) in [7, 11) is 0. The Morgan fingerprint density at radius 3 is 2.83 bits per heavy atom. The Morgan fingerprint density at radius 1 is 1.33 bits per heavy atom. The Balaban J connectivity index is 1.72. The van der Waals surface area contributed by atoms with Gasteiger partial charge in [-0.2, -0.15) is 0 Å². The molecule has 1 aliphatic carbocycles. The molecule has 0 bridgehead atoms. The van der Waals surface area contributed by atoms with Crippen molar-refractivity contribution in [1.29, 1.82) is 0 Å². The highest BCUT2D eigenvalue weighted by Crippen LogP contribution is 2.35. The highest BCUT2D eigenvalue weighted by molar-refractivity contribution is 14.1.